The zero-order valence-electron chi connectivity index (χ0n) is 15.5. The van der Waals surface area contributed by atoms with Gasteiger partial charge in [-0.2, -0.15) is 4.98 Å². The zero-order chi connectivity index (χ0) is 19.5. The number of ether oxygens (including phenoxy) is 2. The van der Waals surface area contributed by atoms with Gasteiger partial charge in [0.15, 0.2) is 6.61 Å². The number of aromatic nitrogens is 2. The number of benzene rings is 1. The lowest BCUT2D eigenvalue weighted by molar-refractivity contribution is -0.133. The van der Waals surface area contributed by atoms with Crippen molar-refractivity contribution in [3.8, 4) is 11.5 Å². The third-order valence-electron chi connectivity index (χ3n) is 4.68. The van der Waals surface area contributed by atoms with E-state index in [0.29, 0.717) is 31.9 Å². The Balaban J connectivity index is 1.34. The Morgan fingerprint density at radius 2 is 1.82 bits per heavy atom. The number of nitrogens with two attached hydrogens (primary N) is 1. The SMILES string of the molecule is COc1ccc(OCC(=O)N2CCN(c3nc(N)nc4sccc34)CC2)cc1. The van der Waals surface area contributed by atoms with E-state index in [9.17, 15) is 4.79 Å². The van der Waals surface area contributed by atoms with Crippen LogP contribution in [0.5, 0.6) is 11.5 Å². The number of carbonyl (C=O) groups excluding carboxylic acids is 1. The van der Waals surface area contributed by atoms with E-state index in [1.807, 2.05) is 16.3 Å². The molecule has 2 N–H and O–H groups in total. The molecule has 0 unspecified atom stereocenters. The number of nitrogens with zero attached hydrogens (tertiary/aromatic N) is 4. The van der Waals surface area contributed by atoms with Gasteiger partial charge in [-0.25, -0.2) is 4.98 Å². The normalized spacial score (nSPS) is 14.3. The van der Waals surface area contributed by atoms with Crippen molar-refractivity contribution in [2.24, 2.45) is 0 Å². The topological polar surface area (TPSA) is 93.8 Å². The summed E-state index contributed by atoms with van der Waals surface area (Å²) in [6, 6.07) is 9.19. The van der Waals surface area contributed by atoms with Gasteiger partial charge in [-0.05, 0) is 35.7 Å². The number of amides is 1. The van der Waals surface area contributed by atoms with Crippen molar-refractivity contribution in [2.45, 2.75) is 0 Å². The fourth-order valence-electron chi connectivity index (χ4n) is 3.17. The van der Waals surface area contributed by atoms with Gasteiger partial charge in [-0.1, -0.05) is 0 Å². The van der Waals surface area contributed by atoms with Crippen LogP contribution in [0.25, 0.3) is 10.2 Å². The molecule has 0 bridgehead atoms. The minimum absolute atomic E-state index is 0.0154. The molecule has 0 saturated carbocycles. The van der Waals surface area contributed by atoms with E-state index in [1.54, 1.807) is 42.7 Å². The van der Waals surface area contributed by atoms with Crippen molar-refractivity contribution in [2.75, 3.05) is 50.5 Å². The maximum atomic E-state index is 12.5. The zero-order valence-corrected chi connectivity index (χ0v) is 16.3. The highest BCUT2D eigenvalue weighted by atomic mass is 32.1. The number of hydrogen-bond acceptors (Lipinski definition) is 8. The standard InChI is InChI=1S/C19H21N5O3S/c1-26-13-2-4-14(5-3-13)27-12-16(25)23-7-9-24(10-8-23)17-15-6-11-28-18(15)22-19(20)21-17/h2-6,11H,7-10,12H2,1H3,(H2,20,21,22). The Morgan fingerprint density at radius 3 is 2.54 bits per heavy atom. The summed E-state index contributed by atoms with van der Waals surface area (Å²) in [4.78, 5) is 26.0. The van der Waals surface area contributed by atoms with Crippen molar-refractivity contribution in [3.63, 3.8) is 0 Å². The van der Waals surface area contributed by atoms with E-state index in [2.05, 4.69) is 14.9 Å². The van der Waals surface area contributed by atoms with Gasteiger partial charge >= 0.3 is 0 Å². The Kier molecular flexibility index (Phi) is 5.16. The summed E-state index contributed by atoms with van der Waals surface area (Å²) in [7, 11) is 1.61. The molecule has 1 aliphatic rings. The molecule has 146 valence electrons. The van der Waals surface area contributed by atoms with Gasteiger partial charge in [0.05, 0.1) is 12.5 Å². The molecule has 8 nitrogen and oxygen atoms in total. The number of nitrogen functional groups attached to an aromatic ring is 1. The third kappa shape index (κ3) is 3.79. The second-order valence-electron chi connectivity index (χ2n) is 6.38. The van der Waals surface area contributed by atoms with Crippen LogP contribution in [0.15, 0.2) is 35.7 Å². The van der Waals surface area contributed by atoms with Crippen LogP contribution in [0.4, 0.5) is 11.8 Å². The van der Waals surface area contributed by atoms with Crippen LogP contribution in [0.3, 0.4) is 0 Å². The lowest BCUT2D eigenvalue weighted by Gasteiger charge is -2.35. The first kappa shape index (κ1) is 18.3. The minimum Gasteiger partial charge on any atom is -0.497 e. The number of piperazine rings is 1. The van der Waals surface area contributed by atoms with Crippen LogP contribution in [0, 0.1) is 0 Å². The first-order valence-corrected chi connectivity index (χ1v) is 9.82. The van der Waals surface area contributed by atoms with E-state index >= 15 is 0 Å². The summed E-state index contributed by atoms with van der Waals surface area (Å²) in [6.07, 6.45) is 0. The number of fused-ring (bicyclic) bond motifs is 1. The van der Waals surface area contributed by atoms with E-state index in [-0.39, 0.29) is 18.5 Å². The average molecular weight is 399 g/mol. The number of anilines is 2. The monoisotopic (exact) mass is 399 g/mol. The van der Waals surface area contributed by atoms with Crippen molar-refractivity contribution in [1.29, 1.82) is 0 Å². The Bertz CT molecular complexity index is 967. The Labute approximate surface area is 166 Å². The van der Waals surface area contributed by atoms with Gasteiger partial charge in [-0.15, -0.1) is 11.3 Å². The largest absolute Gasteiger partial charge is 0.497 e. The first-order chi connectivity index (χ1) is 13.6. The highest BCUT2D eigenvalue weighted by molar-refractivity contribution is 7.16. The van der Waals surface area contributed by atoms with E-state index in [1.165, 1.54) is 0 Å². The molecule has 28 heavy (non-hydrogen) atoms. The molecule has 0 radical (unpaired) electrons. The van der Waals surface area contributed by atoms with Gasteiger partial charge < -0.3 is 25.0 Å². The van der Waals surface area contributed by atoms with Crippen LogP contribution in [-0.2, 0) is 4.79 Å². The Hall–Kier alpha value is -3.07. The lowest BCUT2D eigenvalue weighted by Crippen LogP contribution is -2.50. The van der Waals surface area contributed by atoms with Crippen LogP contribution < -0.4 is 20.1 Å². The van der Waals surface area contributed by atoms with Gasteiger partial charge in [-0.3, -0.25) is 4.79 Å². The number of hydrogen-bond donors (Lipinski definition) is 1. The summed E-state index contributed by atoms with van der Waals surface area (Å²) >= 11 is 1.55. The lowest BCUT2D eigenvalue weighted by atomic mass is 10.2. The molecule has 1 aliphatic heterocycles. The quantitative estimate of drug-likeness (QED) is 0.701. The molecule has 0 atom stereocenters. The summed E-state index contributed by atoms with van der Waals surface area (Å²) < 4.78 is 10.7. The summed E-state index contributed by atoms with van der Waals surface area (Å²) in [5.41, 5.74) is 5.85. The fourth-order valence-corrected chi connectivity index (χ4v) is 3.94. The number of methoxy groups -OCH3 is 1. The smallest absolute Gasteiger partial charge is 0.260 e. The van der Waals surface area contributed by atoms with Gasteiger partial charge in [0.1, 0.15) is 22.1 Å². The molecule has 1 amide bonds. The number of thiophene rings is 1. The van der Waals surface area contributed by atoms with Crippen molar-refractivity contribution in [1.82, 2.24) is 14.9 Å². The van der Waals surface area contributed by atoms with Crippen LogP contribution in [-0.4, -0.2) is 60.7 Å². The van der Waals surface area contributed by atoms with Gasteiger partial charge in [0.25, 0.3) is 5.91 Å². The average Bonchev–Trinajstić information content (AvgIpc) is 3.20. The maximum Gasteiger partial charge on any atom is 0.260 e. The fraction of sp³-hybridized carbons (Fsp3) is 0.316. The van der Waals surface area contributed by atoms with Gasteiger partial charge in [0.2, 0.25) is 5.95 Å². The number of carbonyl (C=O) groups is 1. The molecule has 3 aromatic rings. The molecule has 9 heteroatoms. The van der Waals surface area contributed by atoms with Crippen molar-refractivity contribution in [3.05, 3.63) is 35.7 Å². The minimum atomic E-state index is -0.0293. The van der Waals surface area contributed by atoms with E-state index < -0.39 is 0 Å². The van der Waals surface area contributed by atoms with E-state index in [4.69, 9.17) is 15.2 Å². The summed E-state index contributed by atoms with van der Waals surface area (Å²) in [5, 5.41) is 2.99. The van der Waals surface area contributed by atoms with E-state index in [0.717, 1.165) is 21.8 Å². The summed E-state index contributed by atoms with van der Waals surface area (Å²) in [5.74, 6) is 2.48. The number of rotatable bonds is 5. The highest BCUT2D eigenvalue weighted by Crippen LogP contribution is 2.29. The van der Waals surface area contributed by atoms with Crippen molar-refractivity contribution < 1.29 is 14.3 Å². The molecule has 2 aromatic heterocycles. The molecule has 3 heterocycles. The van der Waals surface area contributed by atoms with Crippen molar-refractivity contribution >= 4 is 39.2 Å². The van der Waals surface area contributed by atoms with Crippen LogP contribution >= 0.6 is 11.3 Å². The predicted molar refractivity (Wildman–Crippen MR) is 109 cm³/mol. The first-order valence-electron chi connectivity index (χ1n) is 8.94. The molecular formula is C19H21N5O3S. The van der Waals surface area contributed by atoms with Crippen LogP contribution in [0.1, 0.15) is 0 Å². The maximum absolute atomic E-state index is 12.5. The third-order valence-corrected chi connectivity index (χ3v) is 5.48. The second kappa shape index (κ2) is 7.89. The molecule has 1 fully saturated rings. The molecule has 0 spiro atoms. The molecule has 1 aromatic carbocycles. The second-order valence-corrected chi connectivity index (χ2v) is 7.27. The Morgan fingerprint density at radius 1 is 1.11 bits per heavy atom. The highest BCUT2D eigenvalue weighted by Gasteiger charge is 2.24. The predicted octanol–water partition coefficient (Wildman–Crippen LogP) is 2.01. The molecular weight excluding hydrogens is 378 g/mol. The molecule has 1 saturated heterocycles. The summed E-state index contributed by atoms with van der Waals surface area (Å²) in [6.45, 7) is 2.62. The molecule has 0 aliphatic carbocycles. The molecule has 4 rings (SSSR count). The van der Waals surface area contributed by atoms with Gasteiger partial charge in [0, 0.05) is 26.2 Å². The van der Waals surface area contributed by atoms with Crippen LogP contribution in [0.2, 0.25) is 0 Å².